The Morgan fingerprint density at radius 2 is 1.97 bits per heavy atom. The van der Waals surface area contributed by atoms with E-state index in [9.17, 15) is 30.4 Å². The molecule has 1 heterocycles. The molecule has 29 heavy (non-hydrogen) atoms. The molecule has 0 aliphatic carbocycles. The van der Waals surface area contributed by atoms with Crippen molar-refractivity contribution in [2.75, 3.05) is 26.2 Å². The number of likely N-dealkylation sites (N-methyl/N-ethyl adjacent to an activating group) is 1. The maximum atomic E-state index is 12.8. The Balaban J connectivity index is 2.59. The largest absolute Gasteiger partial charge is 0.506 e. The summed E-state index contributed by atoms with van der Waals surface area (Å²) < 4.78 is 10.0. The van der Waals surface area contributed by atoms with Gasteiger partial charge in [-0.1, -0.05) is 0 Å². The molecule has 11 heteroatoms. The van der Waals surface area contributed by atoms with Crippen molar-refractivity contribution in [2.24, 2.45) is 0 Å². The van der Waals surface area contributed by atoms with E-state index in [1.165, 1.54) is 32.6 Å². The van der Waals surface area contributed by atoms with E-state index in [1.807, 2.05) is 0 Å². The maximum absolute atomic E-state index is 12.8. The summed E-state index contributed by atoms with van der Waals surface area (Å²) in [5.74, 6) is -2.50. The molecule has 0 saturated heterocycles. The summed E-state index contributed by atoms with van der Waals surface area (Å²) in [7, 11) is 3.88. The highest BCUT2D eigenvalue weighted by Gasteiger charge is 2.27. The summed E-state index contributed by atoms with van der Waals surface area (Å²) in [5.41, 5.74) is -1.49. The highest BCUT2D eigenvalue weighted by atomic mass is 16.6. The Morgan fingerprint density at radius 3 is 2.52 bits per heavy atom. The Bertz CT molecular complexity index is 1040. The van der Waals surface area contributed by atoms with Crippen LogP contribution in [0.4, 0.5) is 11.4 Å². The van der Waals surface area contributed by atoms with E-state index >= 15 is 0 Å². The summed E-state index contributed by atoms with van der Waals surface area (Å²) in [4.78, 5) is 28.0. The van der Waals surface area contributed by atoms with Crippen LogP contribution in [0, 0.1) is 21.4 Å². The maximum Gasteiger partial charge on any atom is 0.315 e. The number of nitriles is 1. The fourth-order valence-corrected chi connectivity index (χ4v) is 2.45. The van der Waals surface area contributed by atoms with Crippen LogP contribution in [0.5, 0.6) is 17.2 Å². The zero-order valence-corrected chi connectivity index (χ0v) is 15.6. The van der Waals surface area contributed by atoms with Crippen LogP contribution in [0.2, 0.25) is 0 Å². The number of pyridine rings is 1. The van der Waals surface area contributed by atoms with E-state index in [-0.39, 0.29) is 17.0 Å². The third-order valence-corrected chi connectivity index (χ3v) is 3.95. The van der Waals surface area contributed by atoms with E-state index in [0.29, 0.717) is 5.75 Å². The normalized spacial score (nSPS) is 11.1. The highest BCUT2D eigenvalue weighted by molar-refractivity contribution is 6.12. The van der Waals surface area contributed by atoms with Gasteiger partial charge in [0, 0.05) is 30.9 Å². The number of hydrogen-bond donors (Lipinski definition) is 2. The monoisotopic (exact) mass is 400 g/mol. The summed E-state index contributed by atoms with van der Waals surface area (Å²) in [6, 6.07) is 4.98. The van der Waals surface area contributed by atoms with E-state index < -0.39 is 33.6 Å². The molecule has 0 fully saturated rings. The first kappa shape index (κ1) is 21.0. The number of nitrogens with zero attached hydrogens (tertiary/aromatic N) is 4. The van der Waals surface area contributed by atoms with Gasteiger partial charge in [0.25, 0.3) is 5.91 Å². The van der Waals surface area contributed by atoms with Crippen molar-refractivity contribution in [1.82, 2.24) is 4.98 Å². The van der Waals surface area contributed by atoms with Crippen molar-refractivity contribution in [1.29, 1.82) is 5.26 Å². The number of nitro groups is 1. The SMILES string of the molecule is COc1ccncc1N(C)C(=O)/C(C#N)=C(\O)c1cc(OC)c(O)c([N+](=O)[O-])c1. The van der Waals surface area contributed by atoms with Gasteiger partial charge in [-0.3, -0.25) is 19.9 Å². The van der Waals surface area contributed by atoms with Crippen LogP contribution in [-0.2, 0) is 4.79 Å². The van der Waals surface area contributed by atoms with Gasteiger partial charge in [-0.25, -0.2) is 0 Å². The molecule has 0 aliphatic rings. The van der Waals surface area contributed by atoms with Crippen LogP contribution in [0.25, 0.3) is 5.76 Å². The van der Waals surface area contributed by atoms with Gasteiger partial charge in [-0.05, 0) is 6.07 Å². The summed E-state index contributed by atoms with van der Waals surface area (Å²) in [6.45, 7) is 0. The first-order valence-corrected chi connectivity index (χ1v) is 7.91. The zero-order valence-electron chi connectivity index (χ0n) is 15.6. The van der Waals surface area contributed by atoms with Gasteiger partial charge in [-0.15, -0.1) is 0 Å². The minimum absolute atomic E-state index is 0.231. The molecule has 0 bridgehead atoms. The number of carbonyl (C=O) groups excluding carboxylic acids is 1. The Hall–Kier alpha value is -4.33. The molecule has 0 saturated carbocycles. The lowest BCUT2D eigenvalue weighted by Crippen LogP contribution is -2.28. The number of amides is 1. The number of aliphatic hydroxyl groups is 1. The van der Waals surface area contributed by atoms with Crippen molar-refractivity contribution in [2.45, 2.75) is 0 Å². The van der Waals surface area contributed by atoms with Crippen LogP contribution < -0.4 is 14.4 Å². The second kappa shape index (κ2) is 8.57. The Labute approximate surface area is 164 Å². The van der Waals surface area contributed by atoms with E-state index in [2.05, 4.69) is 4.98 Å². The van der Waals surface area contributed by atoms with Gasteiger partial charge in [-0.2, -0.15) is 5.26 Å². The fourth-order valence-electron chi connectivity index (χ4n) is 2.45. The number of aromatic nitrogens is 1. The molecule has 11 nitrogen and oxygen atoms in total. The number of ether oxygens (including phenoxy) is 2. The van der Waals surface area contributed by atoms with E-state index in [1.54, 1.807) is 6.07 Å². The zero-order chi connectivity index (χ0) is 21.7. The average Bonchev–Trinajstić information content (AvgIpc) is 2.73. The molecule has 0 aliphatic heterocycles. The van der Waals surface area contributed by atoms with E-state index in [0.717, 1.165) is 24.1 Å². The molecule has 2 rings (SSSR count). The molecule has 2 N–H and O–H groups in total. The first-order valence-electron chi connectivity index (χ1n) is 7.91. The lowest BCUT2D eigenvalue weighted by atomic mass is 10.1. The molecule has 0 atom stereocenters. The van der Waals surface area contributed by atoms with Crippen molar-refractivity contribution < 1.29 is 29.4 Å². The third kappa shape index (κ3) is 4.01. The third-order valence-electron chi connectivity index (χ3n) is 3.95. The van der Waals surface area contributed by atoms with Gasteiger partial charge in [0.05, 0.1) is 25.3 Å². The predicted octanol–water partition coefficient (Wildman–Crippen LogP) is 2.17. The minimum atomic E-state index is -0.911. The number of carbonyl (C=O) groups is 1. The fraction of sp³-hybridized carbons (Fsp3) is 0.167. The molecular formula is C18H16N4O7. The number of benzene rings is 1. The number of methoxy groups -OCH3 is 2. The molecule has 2 aromatic rings. The summed E-state index contributed by atoms with van der Waals surface area (Å²) in [6.07, 6.45) is 2.78. The quantitative estimate of drug-likeness (QED) is 0.243. The number of anilines is 1. The first-order chi connectivity index (χ1) is 13.8. The van der Waals surface area contributed by atoms with Crippen molar-refractivity contribution in [3.63, 3.8) is 0 Å². The second-order valence-corrected chi connectivity index (χ2v) is 5.55. The summed E-state index contributed by atoms with van der Waals surface area (Å²) >= 11 is 0. The number of hydrogen-bond acceptors (Lipinski definition) is 9. The van der Waals surface area contributed by atoms with Crippen LogP contribution in [0.3, 0.4) is 0 Å². The lowest BCUT2D eigenvalue weighted by molar-refractivity contribution is -0.386. The molecule has 1 amide bonds. The standard InChI is InChI=1S/C18H16N4O7/c1-21(13-9-20-5-4-14(13)28-2)18(25)11(8-19)16(23)10-6-12(22(26)27)17(24)15(7-10)29-3/h4-7,9,23-24H,1-3H3/b16-11-. The second-order valence-electron chi connectivity index (χ2n) is 5.55. The van der Waals surface area contributed by atoms with E-state index in [4.69, 9.17) is 9.47 Å². The topological polar surface area (TPSA) is 159 Å². The molecule has 0 spiro atoms. The van der Waals surface area contributed by atoms with Gasteiger partial charge in [0.15, 0.2) is 11.3 Å². The Kier molecular flexibility index (Phi) is 6.20. The minimum Gasteiger partial charge on any atom is -0.506 e. The molecule has 1 aromatic heterocycles. The van der Waals surface area contributed by atoms with Crippen molar-refractivity contribution in [3.8, 4) is 23.3 Å². The molecule has 0 radical (unpaired) electrons. The van der Waals surface area contributed by atoms with Gasteiger partial charge in [0.2, 0.25) is 5.75 Å². The number of aliphatic hydroxyl groups excluding tert-OH is 1. The number of phenolic OH excluding ortho intramolecular Hbond substituents is 1. The predicted molar refractivity (Wildman–Crippen MR) is 101 cm³/mol. The van der Waals surface area contributed by atoms with Gasteiger partial charge >= 0.3 is 5.69 Å². The smallest absolute Gasteiger partial charge is 0.315 e. The molecule has 150 valence electrons. The van der Waals surface area contributed by atoms with Crippen LogP contribution >= 0.6 is 0 Å². The van der Waals surface area contributed by atoms with Crippen LogP contribution in [0.15, 0.2) is 36.2 Å². The number of aromatic hydroxyl groups is 1. The number of rotatable bonds is 6. The van der Waals surface area contributed by atoms with Gasteiger partial charge < -0.3 is 24.6 Å². The summed E-state index contributed by atoms with van der Waals surface area (Å²) in [5, 5.41) is 40.9. The van der Waals surface area contributed by atoms with Crippen LogP contribution in [0.1, 0.15) is 5.56 Å². The van der Waals surface area contributed by atoms with Crippen molar-refractivity contribution >= 4 is 23.0 Å². The Morgan fingerprint density at radius 1 is 1.31 bits per heavy atom. The van der Waals surface area contributed by atoms with Crippen LogP contribution in [-0.4, -0.2) is 47.3 Å². The average molecular weight is 400 g/mol. The number of phenols is 1. The van der Waals surface area contributed by atoms with Crippen molar-refractivity contribution in [3.05, 3.63) is 51.8 Å². The molecular weight excluding hydrogens is 384 g/mol. The van der Waals surface area contributed by atoms with Gasteiger partial charge in [0.1, 0.15) is 23.3 Å². The highest BCUT2D eigenvalue weighted by Crippen LogP contribution is 2.39. The molecule has 0 unspecified atom stereocenters. The molecule has 1 aromatic carbocycles. The lowest BCUT2D eigenvalue weighted by Gasteiger charge is -2.19. The number of nitro benzene ring substituents is 1.